The summed E-state index contributed by atoms with van der Waals surface area (Å²) in [5.41, 5.74) is 10.7. The lowest BCUT2D eigenvalue weighted by Gasteiger charge is -2.11. The minimum atomic E-state index is -0.137. The average molecular weight is 272 g/mol. The van der Waals surface area contributed by atoms with Crippen molar-refractivity contribution >= 4 is 17.3 Å². The van der Waals surface area contributed by atoms with Gasteiger partial charge in [0.2, 0.25) is 0 Å². The first kappa shape index (κ1) is 14.1. The molecule has 0 aliphatic rings. The Labute approximate surface area is 118 Å². The molecule has 5 heteroatoms. The molecule has 1 aromatic heterocycles. The molecule has 0 fully saturated rings. The molecule has 2 aromatic rings. The largest absolute Gasteiger partial charge is 0.399 e. The van der Waals surface area contributed by atoms with E-state index in [1.807, 2.05) is 40.0 Å². The Morgan fingerprint density at radius 2 is 2.05 bits per heavy atom. The summed E-state index contributed by atoms with van der Waals surface area (Å²) in [4.78, 5) is 12.4. The third-order valence-electron chi connectivity index (χ3n) is 3.35. The summed E-state index contributed by atoms with van der Waals surface area (Å²) in [5, 5.41) is 7.22. The highest BCUT2D eigenvalue weighted by atomic mass is 16.1. The van der Waals surface area contributed by atoms with E-state index in [0.717, 1.165) is 34.6 Å². The van der Waals surface area contributed by atoms with Gasteiger partial charge in [-0.3, -0.25) is 9.48 Å². The molecule has 3 N–H and O–H groups in total. The van der Waals surface area contributed by atoms with Crippen molar-refractivity contribution in [2.75, 3.05) is 11.1 Å². The Hall–Kier alpha value is -2.30. The van der Waals surface area contributed by atoms with Crippen molar-refractivity contribution in [3.05, 3.63) is 40.7 Å². The van der Waals surface area contributed by atoms with Crippen LogP contribution >= 0.6 is 0 Å². The zero-order chi connectivity index (χ0) is 14.9. The summed E-state index contributed by atoms with van der Waals surface area (Å²) in [6, 6.07) is 3.76. The number of carbonyl (C=O) groups is 1. The molecule has 1 aromatic carbocycles. The average Bonchev–Trinajstić information content (AvgIpc) is 2.77. The van der Waals surface area contributed by atoms with Crippen LogP contribution in [-0.4, -0.2) is 15.7 Å². The normalized spacial score (nSPS) is 10.6. The van der Waals surface area contributed by atoms with Gasteiger partial charge in [0, 0.05) is 24.6 Å². The van der Waals surface area contributed by atoms with Gasteiger partial charge in [0.1, 0.15) is 0 Å². The number of benzene rings is 1. The predicted molar refractivity (Wildman–Crippen MR) is 80.9 cm³/mol. The molecule has 0 saturated carbocycles. The zero-order valence-corrected chi connectivity index (χ0v) is 12.3. The van der Waals surface area contributed by atoms with Crippen molar-refractivity contribution < 1.29 is 4.79 Å². The third kappa shape index (κ3) is 2.66. The summed E-state index contributed by atoms with van der Waals surface area (Å²) < 4.78 is 1.66. The molecule has 1 amide bonds. The van der Waals surface area contributed by atoms with E-state index in [1.165, 1.54) is 0 Å². The monoisotopic (exact) mass is 272 g/mol. The van der Waals surface area contributed by atoms with Crippen LogP contribution in [0.15, 0.2) is 18.3 Å². The SMILES string of the molecule is CCc1nn(C)cc1C(=O)Nc1cc(C)c(N)cc1C. The Morgan fingerprint density at radius 1 is 1.35 bits per heavy atom. The number of hydrogen-bond acceptors (Lipinski definition) is 3. The van der Waals surface area contributed by atoms with Crippen LogP contribution in [-0.2, 0) is 13.5 Å². The van der Waals surface area contributed by atoms with Gasteiger partial charge in [-0.1, -0.05) is 6.92 Å². The lowest BCUT2D eigenvalue weighted by Crippen LogP contribution is -2.14. The number of nitrogens with zero attached hydrogens (tertiary/aromatic N) is 2. The van der Waals surface area contributed by atoms with E-state index in [1.54, 1.807) is 10.9 Å². The molecule has 0 radical (unpaired) electrons. The van der Waals surface area contributed by atoms with E-state index in [4.69, 9.17) is 5.73 Å². The van der Waals surface area contributed by atoms with E-state index in [2.05, 4.69) is 10.4 Å². The van der Waals surface area contributed by atoms with Gasteiger partial charge in [-0.15, -0.1) is 0 Å². The lowest BCUT2D eigenvalue weighted by molar-refractivity contribution is 0.102. The molecule has 0 saturated heterocycles. The second-order valence-electron chi connectivity index (χ2n) is 4.99. The number of anilines is 2. The number of nitrogen functional groups attached to an aromatic ring is 1. The molecule has 5 nitrogen and oxygen atoms in total. The van der Waals surface area contributed by atoms with Crippen molar-refractivity contribution in [1.82, 2.24) is 9.78 Å². The lowest BCUT2D eigenvalue weighted by atomic mass is 10.1. The number of rotatable bonds is 3. The Morgan fingerprint density at radius 3 is 2.70 bits per heavy atom. The summed E-state index contributed by atoms with van der Waals surface area (Å²) in [7, 11) is 1.81. The highest BCUT2D eigenvalue weighted by Gasteiger charge is 2.15. The molecule has 0 unspecified atom stereocenters. The number of amides is 1. The van der Waals surface area contributed by atoms with Gasteiger partial charge in [-0.25, -0.2) is 0 Å². The van der Waals surface area contributed by atoms with Gasteiger partial charge in [0.25, 0.3) is 5.91 Å². The molecular weight excluding hydrogens is 252 g/mol. The fourth-order valence-corrected chi connectivity index (χ4v) is 2.15. The third-order valence-corrected chi connectivity index (χ3v) is 3.35. The van der Waals surface area contributed by atoms with Crippen LogP contribution in [0.3, 0.4) is 0 Å². The van der Waals surface area contributed by atoms with Crippen molar-refractivity contribution in [3.63, 3.8) is 0 Å². The molecule has 0 bridgehead atoms. The zero-order valence-electron chi connectivity index (χ0n) is 12.3. The maximum absolute atomic E-state index is 12.4. The minimum Gasteiger partial charge on any atom is -0.399 e. The van der Waals surface area contributed by atoms with E-state index in [0.29, 0.717) is 5.56 Å². The molecular formula is C15H20N4O. The first-order valence-electron chi connectivity index (χ1n) is 6.63. The number of nitrogens with one attached hydrogen (secondary N) is 1. The first-order chi connectivity index (χ1) is 9.42. The standard InChI is InChI=1S/C15H20N4O/c1-5-13-11(8-19(4)18-13)15(20)17-14-7-9(2)12(16)6-10(14)3/h6-8H,5,16H2,1-4H3,(H,17,20). The molecule has 0 aliphatic heterocycles. The van der Waals surface area contributed by atoms with Crippen LogP contribution in [0.5, 0.6) is 0 Å². The Balaban J connectivity index is 2.30. The van der Waals surface area contributed by atoms with E-state index in [-0.39, 0.29) is 5.91 Å². The van der Waals surface area contributed by atoms with Gasteiger partial charge < -0.3 is 11.1 Å². The Bertz CT molecular complexity index is 658. The van der Waals surface area contributed by atoms with Gasteiger partial charge in [-0.2, -0.15) is 5.10 Å². The maximum atomic E-state index is 12.4. The van der Waals surface area contributed by atoms with Crippen LogP contribution in [0, 0.1) is 13.8 Å². The molecule has 2 rings (SSSR count). The second kappa shape index (κ2) is 5.36. The number of nitrogens with two attached hydrogens (primary N) is 1. The quantitative estimate of drug-likeness (QED) is 0.843. The number of aryl methyl sites for hydroxylation is 4. The number of carbonyl (C=O) groups excluding carboxylic acids is 1. The fourth-order valence-electron chi connectivity index (χ4n) is 2.15. The van der Waals surface area contributed by atoms with Crippen molar-refractivity contribution in [2.24, 2.45) is 7.05 Å². The molecule has 0 aliphatic carbocycles. The van der Waals surface area contributed by atoms with Gasteiger partial charge in [0.15, 0.2) is 0 Å². The fraction of sp³-hybridized carbons (Fsp3) is 0.333. The maximum Gasteiger partial charge on any atom is 0.259 e. The van der Waals surface area contributed by atoms with Crippen LogP contribution in [0.25, 0.3) is 0 Å². The minimum absolute atomic E-state index is 0.137. The summed E-state index contributed by atoms with van der Waals surface area (Å²) in [5.74, 6) is -0.137. The second-order valence-corrected chi connectivity index (χ2v) is 4.99. The Kier molecular flexibility index (Phi) is 3.79. The van der Waals surface area contributed by atoms with Gasteiger partial charge >= 0.3 is 0 Å². The van der Waals surface area contributed by atoms with Crippen molar-refractivity contribution in [2.45, 2.75) is 27.2 Å². The highest BCUT2D eigenvalue weighted by Crippen LogP contribution is 2.23. The van der Waals surface area contributed by atoms with Crippen molar-refractivity contribution in [3.8, 4) is 0 Å². The topological polar surface area (TPSA) is 72.9 Å². The molecule has 20 heavy (non-hydrogen) atoms. The molecule has 0 atom stereocenters. The van der Waals surface area contributed by atoms with E-state index in [9.17, 15) is 4.79 Å². The smallest absolute Gasteiger partial charge is 0.259 e. The van der Waals surface area contributed by atoms with Crippen LogP contribution in [0.2, 0.25) is 0 Å². The molecule has 106 valence electrons. The first-order valence-corrected chi connectivity index (χ1v) is 6.63. The number of aromatic nitrogens is 2. The summed E-state index contributed by atoms with van der Waals surface area (Å²) in [6.45, 7) is 5.83. The van der Waals surface area contributed by atoms with Crippen molar-refractivity contribution in [1.29, 1.82) is 0 Å². The van der Waals surface area contributed by atoms with Gasteiger partial charge in [-0.05, 0) is 43.5 Å². The van der Waals surface area contributed by atoms with Crippen LogP contribution in [0.4, 0.5) is 11.4 Å². The predicted octanol–water partition coefficient (Wildman–Crippen LogP) is 2.43. The number of hydrogen-bond donors (Lipinski definition) is 2. The molecule has 1 heterocycles. The summed E-state index contributed by atoms with van der Waals surface area (Å²) >= 11 is 0. The highest BCUT2D eigenvalue weighted by molar-refractivity contribution is 6.05. The molecule has 0 spiro atoms. The van der Waals surface area contributed by atoms with Crippen LogP contribution < -0.4 is 11.1 Å². The van der Waals surface area contributed by atoms with E-state index < -0.39 is 0 Å². The van der Waals surface area contributed by atoms with Gasteiger partial charge in [0.05, 0.1) is 11.3 Å². The summed E-state index contributed by atoms with van der Waals surface area (Å²) in [6.07, 6.45) is 2.47. The van der Waals surface area contributed by atoms with E-state index >= 15 is 0 Å². The van der Waals surface area contributed by atoms with Crippen LogP contribution in [0.1, 0.15) is 34.1 Å².